The van der Waals surface area contributed by atoms with Crippen molar-refractivity contribution in [3.63, 3.8) is 0 Å². The van der Waals surface area contributed by atoms with Gasteiger partial charge in [-0.25, -0.2) is 8.78 Å². The highest BCUT2D eigenvalue weighted by Crippen LogP contribution is 2.48. The van der Waals surface area contributed by atoms with Gasteiger partial charge in [-0.1, -0.05) is 0 Å². The molecule has 1 aliphatic carbocycles. The van der Waals surface area contributed by atoms with E-state index in [1.807, 2.05) is 0 Å². The second-order valence-electron chi connectivity index (χ2n) is 4.61. The van der Waals surface area contributed by atoms with Crippen molar-refractivity contribution in [2.75, 3.05) is 0 Å². The third-order valence-electron chi connectivity index (χ3n) is 3.30. The number of benzene rings is 1. The quantitative estimate of drug-likeness (QED) is 0.924. The average molecular weight is 264 g/mol. The second kappa shape index (κ2) is 4.19. The molecular weight excluding hydrogens is 254 g/mol. The van der Waals surface area contributed by atoms with Crippen molar-refractivity contribution in [1.82, 2.24) is 0 Å². The molecule has 1 saturated carbocycles. The largest absolute Gasteiger partial charge is 0.481 e. The van der Waals surface area contributed by atoms with Crippen molar-refractivity contribution in [3.8, 4) is 11.3 Å². The minimum atomic E-state index is -0.851. The number of carbonyl (C=O) groups is 1. The summed E-state index contributed by atoms with van der Waals surface area (Å²) in [4.78, 5) is 10.8. The first-order chi connectivity index (χ1) is 9.06. The number of hydrogen-bond donors (Lipinski definition) is 1. The number of carboxylic acid groups (broad SMARTS) is 1. The molecule has 0 radical (unpaired) electrons. The maximum Gasteiger partial charge on any atom is 0.307 e. The summed E-state index contributed by atoms with van der Waals surface area (Å²) in [7, 11) is 0. The summed E-state index contributed by atoms with van der Waals surface area (Å²) in [5.74, 6) is -1.95. The van der Waals surface area contributed by atoms with Crippen LogP contribution in [0.2, 0.25) is 0 Å². The Bertz CT molecular complexity index is 648. The van der Waals surface area contributed by atoms with Crippen LogP contribution >= 0.6 is 0 Å². The number of aliphatic carboxylic acids is 1. The summed E-state index contributed by atoms with van der Waals surface area (Å²) in [6, 6.07) is 6.45. The Morgan fingerprint density at radius 2 is 2.05 bits per heavy atom. The van der Waals surface area contributed by atoms with Crippen LogP contribution in [0.15, 0.2) is 34.7 Å². The predicted octanol–water partition coefficient (Wildman–Crippen LogP) is 3.41. The first kappa shape index (κ1) is 11.9. The van der Waals surface area contributed by atoms with E-state index in [2.05, 4.69) is 0 Å². The third kappa shape index (κ3) is 2.12. The highest BCUT2D eigenvalue weighted by atomic mass is 19.1. The van der Waals surface area contributed by atoms with Gasteiger partial charge in [-0.2, -0.15) is 0 Å². The molecule has 98 valence electrons. The molecule has 1 aromatic heterocycles. The molecule has 3 rings (SSSR count). The van der Waals surface area contributed by atoms with Gasteiger partial charge in [-0.15, -0.1) is 0 Å². The SMILES string of the molecule is O=C(O)[C@H]1C[C@@H]1c1ccc(-c2ccc(F)cc2F)o1. The van der Waals surface area contributed by atoms with Crippen molar-refractivity contribution in [1.29, 1.82) is 0 Å². The molecule has 2 aromatic rings. The first-order valence-corrected chi connectivity index (χ1v) is 5.84. The molecule has 1 fully saturated rings. The number of halogens is 2. The number of furan rings is 1. The molecule has 0 bridgehead atoms. The van der Waals surface area contributed by atoms with Crippen molar-refractivity contribution >= 4 is 5.97 Å². The Hall–Kier alpha value is -2.17. The molecule has 0 unspecified atom stereocenters. The van der Waals surface area contributed by atoms with Crippen LogP contribution in [-0.4, -0.2) is 11.1 Å². The van der Waals surface area contributed by atoms with Crippen molar-refractivity contribution in [2.24, 2.45) is 5.92 Å². The summed E-state index contributed by atoms with van der Waals surface area (Å²) >= 11 is 0. The van der Waals surface area contributed by atoms with Gasteiger partial charge in [0.1, 0.15) is 23.2 Å². The predicted molar refractivity (Wildman–Crippen MR) is 62.5 cm³/mol. The maximum atomic E-state index is 13.6. The Kier molecular flexibility index (Phi) is 2.62. The number of carboxylic acids is 1. The van der Waals surface area contributed by atoms with Crippen molar-refractivity contribution in [3.05, 3.63) is 47.7 Å². The topological polar surface area (TPSA) is 50.4 Å². The molecule has 0 saturated heterocycles. The van der Waals surface area contributed by atoms with Crippen molar-refractivity contribution < 1.29 is 23.1 Å². The van der Waals surface area contributed by atoms with Crippen LogP contribution in [0.4, 0.5) is 8.78 Å². The summed E-state index contributed by atoms with van der Waals surface area (Å²) in [6.07, 6.45) is 0.536. The van der Waals surface area contributed by atoms with E-state index in [-0.39, 0.29) is 17.2 Å². The molecule has 19 heavy (non-hydrogen) atoms. The van der Waals surface area contributed by atoms with E-state index in [1.165, 1.54) is 6.07 Å². The molecule has 5 heteroatoms. The van der Waals surface area contributed by atoms with E-state index >= 15 is 0 Å². The molecule has 2 atom stereocenters. The summed E-state index contributed by atoms with van der Waals surface area (Å²) in [5, 5.41) is 8.84. The van der Waals surface area contributed by atoms with E-state index in [0.29, 0.717) is 12.2 Å². The lowest BCUT2D eigenvalue weighted by atomic mass is 10.1. The molecule has 1 heterocycles. The summed E-state index contributed by atoms with van der Waals surface area (Å²) in [6.45, 7) is 0. The van der Waals surface area contributed by atoms with Crippen LogP contribution < -0.4 is 0 Å². The van der Waals surface area contributed by atoms with Crippen LogP contribution in [0, 0.1) is 17.6 Å². The van der Waals surface area contributed by atoms with Gasteiger partial charge >= 0.3 is 5.97 Å². The lowest BCUT2D eigenvalue weighted by Gasteiger charge is -1.99. The Balaban J connectivity index is 1.88. The molecule has 1 aliphatic rings. The van der Waals surface area contributed by atoms with Crippen molar-refractivity contribution in [2.45, 2.75) is 12.3 Å². The molecule has 0 amide bonds. The number of rotatable bonds is 3. The first-order valence-electron chi connectivity index (χ1n) is 5.84. The van der Waals surface area contributed by atoms with Crippen LogP contribution in [0.25, 0.3) is 11.3 Å². The fourth-order valence-corrected chi connectivity index (χ4v) is 2.17. The van der Waals surface area contributed by atoms with Gasteiger partial charge < -0.3 is 9.52 Å². The smallest absolute Gasteiger partial charge is 0.307 e. The van der Waals surface area contributed by atoms with E-state index in [0.717, 1.165) is 12.1 Å². The zero-order valence-corrected chi connectivity index (χ0v) is 9.77. The van der Waals surface area contributed by atoms with E-state index in [9.17, 15) is 13.6 Å². The minimum absolute atomic E-state index is 0.144. The standard InChI is InChI=1S/C14H10F2O3/c15-7-1-2-8(11(16)5-7)12-3-4-13(19-12)9-6-10(9)14(17)18/h1-5,9-10H,6H2,(H,17,18)/t9-,10-/m0/s1. The number of hydrogen-bond acceptors (Lipinski definition) is 2. The van der Waals surface area contributed by atoms with Gasteiger partial charge in [-0.3, -0.25) is 4.79 Å². The van der Waals surface area contributed by atoms with Gasteiger partial charge in [-0.05, 0) is 30.7 Å². The zero-order valence-electron chi connectivity index (χ0n) is 9.77. The van der Waals surface area contributed by atoms with E-state index < -0.39 is 23.5 Å². The van der Waals surface area contributed by atoms with Crippen LogP contribution in [0.3, 0.4) is 0 Å². The third-order valence-corrected chi connectivity index (χ3v) is 3.30. The molecule has 1 N–H and O–H groups in total. The molecular formula is C14H10F2O3. The van der Waals surface area contributed by atoms with E-state index in [4.69, 9.17) is 9.52 Å². The van der Waals surface area contributed by atoms with Gasteiger partial charge in [0.05, 0.1) is 11.5 Å². The second-order valence-corrected chi connectivity index (χ2v) is 4.61. The Morgan fingerprint density at radius 1 is 1.26 bits per heavy atom. The van der Waals surface area contributed by atoms with Crippen LogP contribution in [0.1, 0.15) is 18.1 Å². The fraction of sp³-hybridized carbons (Fsp3) is 0.214. The minimum Gasteiger partial charge on any atom is -0.481 e. The highest BCUT2D eigenvalue weighted by molar-refractivity contribution is 5.75. The fourth-order valence-electron chi connectivity index (χ4n) is 2.17. The molecule has 0 spiro atoms. The van der Waals surface area contributed by atoms with Crippen LogP contribution in [-0.2, 0) is 4.79 Å². The lowest BCUT2D eigenvalue weighted by Crippen LogP contribution is -1.98. The monoisotopic (exact) mass is 264 g/mol. The maximum absolute atomic E-state index is 13.6. The van der Waals surface area contributed by atoms with E-state index in [1.54, 1.807) is 12.1 Å². The Labute approximate surface area is 107 Å². The lowest BCUT2D eigenvalue weighted by molar-refractivity contribution is -0.138. The van der Waals surface area contributed by atoms with Gasteiger partial charge in [0.25, 0.3) is 0 Å². The molecule has 0 aliphatic heterocycles. The Morgan fingerprint density at radius 3 is 2.68 bits per heavy atom. The van der Waals surface area contributed by atoms with Gasteiger partial charge in [0.15, 0.2) is 0 Å². The normalized spacial score (nSPS) is 21.4. The average Bonchev–Trinajstić information content (AvgIpc) is 3.01. The van der Waals surface area contributed by atoms with Gasteiger partial charge in [0.2, 0.25) is 0 Å². The van der Waals surface area contributed by atoms with Crippen LogP contribution in [0.5, 0.6) is 0 Å². The molecule has 3 nitrogen and oxygen atoms in total. The highest BCUT2D eigenvalue weighted by Gasteiger charge is 2.46. The summed E-state index contributed by atoms with van der Waals surface area (Å²) < 4.78 is 31.9. The van der Waals surface area contributed by atoms with Gasteiger partial charge in [0, 0.05) is 12.0 Å². The summed E-state index contributed by atoms with van der Waals surface area (Å²) in [5.41, 5.74) is 0.167. The molecule has 1 aromatic carbocycles. The zero-order chi connectivity index (χ0) is 13.6.